The molecule has 1 aromatic heterocycles. The van der Waals surface area contributed by atoms with Crippen LogP contribution in [0.15, 0.2) is 10.6 Å². The Kier molecular flexibility index (Phi) is 4.02. The Morgan fingerprint density at radius 3 is 2.70 bits per heavy atom. The van der Waals surface area contributed by atoms with Gasteiger partial charge in [0.25, 0.3) is 0 Å². The van der Waals surface area contributed by atoms with E-state index in [1.807, 2.05) is 0 Å². The minimum atomic E-state index is -0.118. The number of aromatic nitrogens is 1. The molecule has 0 radical (unpaired) electrons. The normalized spacial score (nSPS) is 9.00. The second-order valence-corrected chi connectivity index (χ2v) is 1.65. The Balaban J connectivity index is 0.000000810. The van der Waals surface area contributed by atoms with Crippen molar-refractivity contribution in [3.63, 3.8) is 0 Å². The highest BCUT2D eigenvalue weighted by atomic mass is 35.5. The zero-order valence-corrected chi connectivity index (χ0v) is 6.10. The van der Waals surface area contributed by atoms with Gasteiger partial charge in [0.1, 0.15) is 6.61 Å². The van der Waals surface area contributed by atoms with Gasteiger partial charge < -0.3 is 15.4 Å². The predicted molar refractivity (Wildman–Crippen MR) is 37.6 cm³/mol. The number of aliphatic hydroxyl groups excluding tert-OH is 1. The highest BCUT2D eigenvalue weighted by Gasteiger charge is 1.98. The van der Waals surface area contributed by atoms with E-state index in [9.17, 15) is 0 Å². The highest BCUT2D eigenvalue weighted by Crippen LogP contribution is 2.00. The summed E-state index contributed by atoms with van der Waals surface area (Å²) in [6.07, 6.45) is 0. The van der Waals surface area contributed by atoms with E-state index < -0.39 is 0 Å². The SMILES string of the molecule is Cl.NCc1cc(CO)on1. The van der Waals surface area contributed by atoms with Gasteiger partial charge in [0.15, 0.2) is 5.76 Å². The van der Waals surface area contributed by atoms with E-state index in [0.717, 1.165) is 0 Å². The van der Waals surface area contributed by atoms with Crippen LogP contribution >= 0.6 is 12.4 Å². The van der Waals surface area contributed by atoms with E-state index in [-0.39, 0.29) is 19.0 Å². The number of nitrogens with two attached hydrogens (primary N) is 1. The molecule has 1 rings (SSSR count). The van der Waals surface area contributed by atoms with Crippen molar-refractivity contribution in [2.24, 2.45) is 5.73 Å². The van der Waals surface area contributed by atoms with E-state index in [4.69, 9.17) is 10.8 Å². The molecule has 0 unspecified atom stereocenters. The zero-order valence-electron chi connectivity index (χ0n) is 5.28. The summed E-state index contributed by atoms with van der Waals surface area (Å²) < 4.78 is 4.62. The first-order chi connectivity index (χ1) is 4.36. The van der Waals surface area contributed by atoms with E-state index >= 15 is 0 Å². The molecule has 0 bridgehead atoms. The quantitative estimate of drug-likeness (QED) is 0.648. The zero-order chi connectivity index (χ0) is 6.69. The second-order valence-electron chi connectivity index (χ2n) is 1.65. The van der Waals surface area contributed by atoms with Crippen LogP contribution in [0.3, 0.4) is 0 Å². The smallest absolute Gasteiger partial charge is 0.162 e. The maximum Gasteiger partial charge on any atom is 0.162 e. The number of hydrogen-bond donors (Lipinski definition) is 2. The molecule has 0 saturated heterocycles. The van der Waals surface area contributed by atoms with Crippen LogP contribution in [0.5, 0.6) is 0 Å². The van der Waals surface area contributed by atoms with Gasteiger partial charge >= 0.3 is 0 Å². The molecular weight excluding hydrogens is 156 g/mol. The van der Waals surface area contributed by atoms with Gasteiger partial charge in [-0.05, 0) is 0 Å². The van der Waals surface area contributed by atoms with Gasteiger partial charge in [0.2, 0.25) is 0 Å². The summed E-state index contributed by atoms with van der Waals surface area (Å²) in [5, 5.41) is 12.0. The van der Waals surface area contributed by atoms with Gasteiger partial charge in [-0.25, -0.2) is 0 Å². The lowest BCUT2D eigenvalue weighted by molar-refractivity contribution is 0.228. The maximum absolute atomic E-state index is 8.47. The minimum absolute atomic E-state index is 0. The van der Waals surface area contributed by atoms with E-state index in [1.165, 1.54) is 0 Å². The Bertz CT molecular complexity index is 171. The molecule has 58 valence electrons. The highest BCUT2D eigenvalue weighted by molar-refractivity contribution is 5.85. The topological polar surface area (TPSA) is 72.3 Å². The molecule has 0 fully saturated rings. The van der Waals surface area contributed by atoms with Crippen molar-refractivity contribution in [1.82, 2.24) is 5.16 Å². The molecule has 1 aromatic rings. The van der Waals surface area contributed by atoms with Gasteiger partial charge in [-0.3, -0.25) is 0 Å². The van der Waals surface area contributed by atoms with Crippen LogP contribution in [0.4, 0.5) is 0 Å². The molecular formula is C5H9ClN2O2. The molecule has 0 aromatic carbocycles. The molecule has 0 aliphatic rings. The van der Waals surface area contributed by atoms with Gasteiger partial charge in [-0.2, -0.15) is 0 Å². The number of hydrogen-bond acceptors (Lipinski definition) is 4. The fraction of sp³-hybridized carbons (Fsp3) is 0.400. The van der Waals surface area contributed by atoms with Crippen LogP contribution in [-0.4, -0.2) is 10.3 Å². The first-order valence-electron chi connectivity index (χ1n) is 2.62. The Morgan fingerprint density at radius 1 is 1.70 bits per heavy atom. The summed E-state index contributed by atoms with van der Waals surface area (Å²) in [7, 11) is 0. The van der Waals surface area contributed by atoms with Gasteiger partial charge in [0, 0.05) is 12.6 Å². The van der Waals surface area contributed by atoms with Crippen LogP contribution < -0.4 is 5.73 Å². The third-order valence-electron chi connectivity index (χ3n) is 0.973. The first-order valence-corrected chi connectivity index (χ1v) is 2.62. The second kappa shape index (κ2) is 4.27. The molecule has 0 amide bonds. The third kappa shape index (κ3) is 1.98. The third-order valence-corrected chi connectivity index (χ3v) is 0.973. The average Bonchev–Trinajstić information content (AvgIpc) is 2.34. The number of rotatable bonds is 2. The molecule has 5 heteroatoms. The molecule has 0 aliphatic carbocycles. The summed E-state index contributed by atoms with van der Waals surface area (Å²) in [5.41, 5.74) is 5.88. The molecule has 3 N–H and O–H groups in total. The predicted octanol–water partition coefficient (Wildman–Crippen LogP) is 0.0474. The Morgan fingerprint density at radius 2 is 2.40 bits per heavy atom. The maximum atomic E-state index is 8.47. The number of halogens is 1. The monoisotopic (exact) mass is 164 g/mol. The molecule has 0 saturated carbocycles. The standard InChI is InChI=1S/C5H8N2O2.ClH/c6-2-4-1-5(3-8)9-7-4;/h1,8H,2-3,6H2;1H. The van der Waals surface area contributed by atoms with Crippen molar-refractivity contribution < 1.29 is 9.63 Å². The van der Waals surface area contributed by atoms with Gasteiger partial charge in [-0.15, -0.1) is 12.4 Å². The first kappa shape index (κ1) is 9.42. The lowest BCUT2D eigenvalue weighted by Crippen LogP contribution is -1.94. The fourth-order valence-corrected chi connectivity index (χ4v) is 0.526. The molecule has 0 aliphatic heterocycles. The van der Waals surface area contributed by atoms with Gasteiger partial charge in [0.05, 0.1) is 5.69 Å². The summed E-state index contributed by atoms with van der Waals surface area (Å²) in [6.45, 7) is 0.233. The summed E-state index contributed by atoms with van der Waals surface area (Å²) in [4.78, 5) is 0. The lowest BCUT2D eigenvalue weighted by atomic mass is 10.4. The Hall–Kier alpha value is -0.580. The number of nitrogens with zero attached hydrogens (tertiary/aromatic N) is 1. The van der Waals surface area contributed by atoms with Crippen LogP contribution in [0.25, 0.3) is 0 Å². The number of aliphatic hydroxyl groups is 1. The summed E-state index contributed by atoms with van der Waals surface area (Å²) in [6, 6.07) is 1.62. The molecule has 4 nitrogen and oxygen atoms in total. The van der Waals surface area contributed by atoms with E-state index in [2.05, 4.69) is 9.68 Å². The van der Waals surface area contributed by atoms with E-state index in [1.54, 1.807) is 6.07 Å². The lowest BCUT2D eigenvalue weighted by Gasteiger charge is -1.78. The summed E-state index contributed by atoms with van der Waals surface area (Å²) >= 11 is 0. The van der Waals surface area contributed by atoms with Crippen molar-refractivity contribution >= 4 is 12.4 Å². The fourth-order valence-electron chi connectivity index (χ4n) is 0.526. The van der Waals surface area contributed by atoms with Crippen LogP contribution in [-0.2, 0) is 13.2 Å². The molecule has 1 heterocycles. The van der Waals surface area contributed by atoms with Gasteiger partial charge in [-0.1, -0.05) is 5.16 Å². The molecule has 0 atom stereocenters. The van der Waals surface area contributed by atoms with Crippen LogP contribution in [0, 0.1) is 0 Å². The Labute approximate surface area is 64.4 Å². The summed E-state index contributed by atoms with van der Waals surface area (Å²) in [5.74, 6) is 0.454. The molecule has 0 spiro atoms. The largest absolute Gasteiger partial charge is 0.388 e. The molecule has 10 heavy (non-hydrogen) atoms. The van der Waals surface area contributed by atoms with Crippen molar-refractivity contribution in [1.29, 1.82) is 0 Å². The van der Waals surface area contributed by atoms with Crippen LogP contribution in [0.2, 0.25) is 0 Å². The minimum Gasteiger partial charge on any atom is -0.388 e. The van der Waals surface area contributed by atoms with Crippen molar-refractivity contribution in [2.75, 3.05) is 0 Å². The van der Waals surface area contributed by atoms with Crippen molar-refractivity contribution in [3.8, 4) is 0 Å². The van der Waals surface area contributed by atoms with Crippen LogP contribution in [0.1, 0.15) is 11.5 Å². The van der Waals surface area contributed by atoms with Crippen molar-refractivity contribution in [3.05, 3.63) is 17.5 Å². The average molecular weight is 165 g/mol. The van der Waals surface area contributed by atoms with E-state index in [0.29, 0.717) is 18.0 Å². The van der Waals surface area contributed by atoms with Crippen molar-refractivity contribution in [2.45, 2.75) is 13.2 Å².